The van der Waals surface area contributed by atoms with Crippen LogP contribution in [0.1, 0.15) is 15.9 Å². The van der Waals surface area contributed by atoms with Gasteiger partial charge in [0, 0.05) is 20.2 Å². The number of benzene rings is 1. The van der Waals surface area contributed by atoms with Crippen LogP contribution >= 0.6 is 0 Å². The Bertz CT molecular complexity index is 952. The molecule has 0 saturated carbocycles. The summed E-state index contributed by atoms with van der Waals surface area (Å²) in [5.41, 5.74) is 3.09. The van der Waals surface area contributed by atoms with E-state index in [1.54, 1.807) is 13.4 Å². The van der Waals surface area contributed by atoms with Crippen molar-refractivity contribution >= 4 is 17.4 Å². The first-order valence-corrected chi connectivity index (χ1v) is 8.27. The summed E-state index contributed by atoms with van der Waals surface area (Å²) in [6, 6.07) is 11.4. The van der Waals surface area contributed by atoms with Crippen LogP contribution in [0.3, 0.4) is 0 Å². The van der Waals surface area contributed by atoms with Crippen LogP contribution in [0.15, 0.2) is 42.7 Å². The minimum Gasteiger partial charge on any atom is -0.383 e. The van der Waals surface area contributed by atoms with E-state index < -0.39 is 0 Å². The maximum atomic E-state index is 12.1. The normalized spacial score (nSPS) is 12.7. The van der Waals surface area contributed by atoms with E-state index in [4.69, 9.17) is 4.74 Å². The molecule has 3 aromatic rings. The van der Waals surface area contributed by atoms with Crippen LogP contribution in [0.2, 0.25) is 0 Å². The van der Waals surface area contributed by atoms with Crippen molar-refractivity contribution in [1.29, 1.82) is 0 Å². The number of amides is 1. The molecule has 8 nitrogen and oxygen atoms in total. The summed E-state index contributed by atoms with van der Waals surface area (Å²) >= 11 is 0. The third-order valence-electron chi connectivity index (χ3n) is 4.21. The van der Waals surface area contributed by atoms with Gasteiger partial charge in [-0.05, 0) is 23.8 Å². The van der Waals surface area contributed by atoms with E-state index in [1.165, 1.54) is 0 Å². The van der Waals surface area contributed by atoms with Gasteiger partial charge < -0.3 is 19.9 Å². The molecule has 0 fully saturated rings. The Balaban J connectivity index is 1.63. The van der Waals surface area contributed by atoms with Gasteiger partial charge in [0.1, 0.15) is 17.8 Å². The van der Waals surface area contributed by atoms with E-state index in [0.717, 1.165) is 11.3 Å². The molecule has 8 heteroatoms. The lowest BCUT2D eigenvalue weighted by atomic mass is 10.1. The number of anilines is 2. The van der Waals surface area contributed by atoms with Gasteiger partial charge in [0.15, 0.2) is 5.82 Å². The van der Waals surface area contributed by atoms with Crippen LogP contribution < -0.4 is 10.6 Å². The number of nitrogens with zero attached hydrogens (tertiary/aromatic N) is 4. The van der Waals surface area contributed by atoms with Crippen LogP contribution in [-0.4, -0.2) is 39.4 Å². The number of nitrogens with one attached hydrogen (secondary N) is 2. The van der Waals surface area contributed by atoms with Crippen molar-refractivity contribution in [3.8, 4) is 11.5 Å². The number of hydrogen-bond donors (Lipinski definition) is 2. The monoisotopic (exact) mass is 350 g/mol. The molecule has 26 heavy (non-hydrogen) atoms. The van der Waals surface area contributed by atoms with Gasteiger partial charge in [-0.3, -0.25) is 4.79 Å². The summed E-state index contributed by atoms with van der Waals surface area (Å²) in [6.07, 6.45) is 1.66. The van der Waals surface area contributed by atoms with Crippen molar-refractivity contribution in [3.63, 3.8) is 0 Å². The highest BCUT2D eigenvalue weighted by molar-refractivity contribution is 6.04. The van der Waals surface area contributed by atoms with Crippen LogP contribution in [0.5, 0.6) is 0 Å². The smallest absolute Gasteiger partial charge is 0.254 e. The minimum absolute atomic E-state index is 0.0708. The molecule has 132 valence electrons. The van der Waals surface area contributed by atoms with Gasteiger partial charge in [0.25, 0.3) is 5.91 Å². The fourth-order valence-electron chi connectivity index (χ4n) is 2.96. The first-order chi connectivity index (χ1) is 12.8. The lowest BCUT2D eigenvalue weighted by molar-refractivity contribution is 0.0966. The zero-order valence-corrected chi connectivity index (χ0v) is 14.3. The number of pyridine rings is 1. The van der Waals surface area contributed by atoms with Gasteiger partial charge in [-0.2, -0.15) is 0 Å². The first-order valence-electron chi connectivity index (χ1n) is 8.27. The molecule has 0 atom stereocenters. The van der Waals surface area contributed by atoms with E-state index in [2.05, 4.69) is 25.8 Å². The first kappa shape index (κ1) is 16.2. The second kappa shape index (κ2) is 6.93. The quantitative estimate of drug-likeness (QED) is 0.706. The van der Waals surface area contributed by atoms with Crippen LogP contribution in [0.25, 0.3) is 11.5 Å². The molecule has 0 unspecified atom stereocenters. The van der Waals surface area contributed by atoms with Crippen molar-refractivity contribution in [3.05, 3.63) is 53.9 Å². The topological polar surface area (TPSA) is 94.0 Å². The number of aromatic nitrogens is 4. The molecule has 0 saturated heterocycles. The Morgan fingerprint density at radius 1 is 1.27 bits per heavy atom. The third-order valence-corrected chi connectivity index (χ3v) is 4.21. The molecule has 0 spiro atoms. The molecule has 0 aliphatic carbocycles. The average molecular weight is 350 g/mol. The maximum absolute atomic E-state index is 12.1. The van der Waals surface area contributed by atoms with Crippen LogP contribution in [0.4, 0.5) is 11.5 Å². The Morgan fingerprint density at radius 2 is 2.15 bits per heavy atom. The van der Waals surface area contributed by atoms with Gasteiger partial charge in [0.05, 0.1) is 17.9 Å². The largest absolute Gasteiger partial charge is 0.383 e. The standard InChI is InChI=1S/C18H18N6O2/c1-26-9-8-24-11-20-23-17(24)14-6-3-7-15(22-14)21-13-5-2-4-12-10-19-18(25)16(12)13/h2-7,11H,8-10H2,1H3,(H,19,25)(H,21,22). The fraction of sp³-hybridized carbons (Fsp3) is 0.222. The summed E-state index contributed by atoms with van der Waals surface area (Å²) < 4.78 is 7.01. The minimum atomic E-state index is -0.0708. The molecule has 4 rings (SSSR count). The Kier molecular flexibility index (Phi) is 4.32. The zero-order valence-electron chi connectivity index (χ0n) is 14.3. The van der Waals surface area contributed by atoms with Gasteiger partial charge in [0.2, 0.25) is 0 Å². The molecule has 1 aliphatic rings. The molecule has 0 radical (unpaired) electrons. The SMILES string of the molecule is COCCn1cnnc1-c1cccc(Nc2cccc3c2C(=O)NC3)n1. The number of rotatable bonds is 6. The molecule has 2 aromatic heterocycles. The fourth-order valence-corrected chi connectivity index (χ4v) is 2.96. The Hall–Kier alpha value is -3.26. The van der Waals surface area contributed by atoms with E-state index in [1.807, 2.05) is 41.0 Å². The highest BCUT2D eigenvalue weighted by Crippen LogP contribution is 2.27. The molecule has 1 aliphatic heterocycles. The second-order valence-corrected chi connectivity index (χ2v) is 5.90. The Morgan fingerprint density at radius 3 is 3.04 bits per heavy atom. The number of carbonyl (C=O) groups excluding carboxylic acids is 1. The number of fused-ring (bicyclic) bond motifs is 1. The predicted molar refractivity (Wildman–Crippen MR) is 96.0 cm³/mol. The van der Waals surface area contributed by atoms with Crippen molar-refractivity contribution in [2.45, 2.75) is 13.1 Å². The van der Waals surface area contributed by atoms with E-state index in [0.29, 0.717) is 42.6 Å². The molecule has 0 bridgehead atoms. The lowest BCUT2D eigenvalue weighted by Crippen LogP contribution is -2.13. The Labute approximate surface area is 150 Å². The zero-order chi connectivity index (χ0) is 17.9. The van der Waals surface area contributed by atoms with Crippen LogP contribution in [0, 0.1) is 0 Å². The number of methoxy groups -OCH3 is 1. The lowest BCUT2D eigenvalue weighted by Gasteiger charge is -2.11. The predicted octanol–water partition coefficient (Wildman–Crippen LogP) is 1.97. The van der Waals surface area contributed by atoms with Crippen molar-refractivity contribution in [2.24, 2.45) is 0 Å². The van der Waals surface area contributed by atoms with Crippen molar-refractivity contribution in [2.75, 3.05) is 19.0 Å². The summed E-state index contributed by atoms with van der Waals surface area (Å²) in [5, 5.41) is 14.2. The average Bonchev–Trinajstić information content (AvgIpc) is 3.28. The number of ether oxygens (including phenoxy) is 1. The molecular weight excluding hydrogens is 332 g/mol. The van der Waals surface area contributed by atoms with Gasteiger partial charge in [-0.15, -0.1) is 10.2 Å². The highest BCUT2D eigenvalue weighted by Gasteiger charge is 2.22. The maximum Gasteiger partial charge on any atom is 0.254 e. The summed E-state index contributed by atoms with van der Waals surface area (Å²) in [5.74, 6) is 1.23. The van der Waals surface area contributed by atoms with Crippen molar-refractivity contribution in [1.82, 2.24) is 25.1 Å². The van der Waals surface area contributed by atoms with E-state index in [-0.39, 0.29) is 5.91 Å². The van der Waals surface area contributed by atoms with Crippen molar-refractivity contribution < 1.29 is 9.53 Å². The summed E-state index contributed by atoms with van der Waals surface area (Å²) in [7, 11) is 1.65. The molecule has 3 heterocycles. The number of carbonyl (C=O) groups is 1. The van der Waals surface area contributed by atoms with Crippen LogP contribution in [-0.2, 0) is 17.8 Å². The molecule has 1 amide bonds. The van der Waals surface area contributed by atoms with Gasteiger partial charge in [-0.1, -0.05) is 18.2 Å². The van der Waals surface area contributed by atoms with Gasteiger partial charge >= 0.3 is 0 Å². The summed E-state index contributed by atoms with van der Waals surface area (Å²) in [4.78, 5) is 16.7. The van der Waals surface area contributed by atoms with E-state index >= 15 is 0 Å². The second-order valence-electron chi connectivity index (χ2n) is 5.90. The third kappa shape index (κ3) is 3.02. The summed E-state index contributed by atoms with van der Waals surface area (Å²) in [6.45, 7) is 1.76. The molecular formula is C18H18N6O2. The number of hydrogen-bond acceptors (Lipinski definition) is 6. The molecule has 1 aromatic carbocycles. The highest BCUT2D eigenvalue weighted by atomic mass is 16.5. The van der Waals surface area contributed by atoms with E-state index in [9.17, 15) is 4.79 Å². The molecule has 2 N–H and O–H groups in total. The van der Waals surface area contributed by atoms with Gasteiger partial charge in [-0.25, -0.2) is 4.98 Å².